The Morgan fingerprint density at radius 1 is 1.03 bits per heavy atom. The van der Waals surface area contributed by atoms with Crippen molar-refractivity contribution >= 4 is 17.7 Å². The van der Waals surface area contributed by atoms with Crippen molar-refractivity contribution in [2.24, 2.45) is 0 Å². The maximum absolute atomic E-state index is 13.6. The van der Waals surface area contributed by atoms with Gasteiger partial charge in [-0.05, 0) is 40.0 Å². The number of nitrogens with zero attached hydrogens (tertiary/aromatic N) is 4. The minimum Gasteiger partial charge on any atom is -0.418 e. The molecule has 2 aliphatic rings. The highest BCUT2D eigenvalue weighted by molar-refractivity contribution is 6.00. The largest absolute Gasteiger partial charge is 0.418 e. The van der Waals surface area contributed by atoms with Gasteiger partial charge in [-0.3, -0.25) is 14.5 Å². The van der Waals surface area contributed by atoms with Crippen LogP contribution in [0, 0.1) is 0 Å². The Balaban J connectivity index is 1.70. The highest BCUT2D eigenvalue weighted by Crippen LogP contribution is 2.29. The molecule has 2 heterocycles. The molecule has 1 atom stereocenters. The molecule has 0 spiro atoms. The number of amides is 3. The summed E-state index contributed by atoms with van der Waals surface area (Å²) >= 11 is 0. The van der Waals surface area contributed by atoms with Crippen LogP contribution >= 0.6 is 0 Å². The Hall–Kier alpha value is -2.49. The van der Waals surface area contributed by atoms with E-state index >= 15 is 0 Å². The number of Topliss-reactive ketones (excluding diaryl/α,β-unsaturated/α-hetero) is 1. The first kappa shape index (κ1) is 27.1. The third kappa shape index (κ3) is 6.59. The zero-order valence-electron chi connectivity index (χ0n) is 22.0. The van der Waals surface area contributed by atoms with E-state index in [9.17, 15) is 14.4 Å². The number of nitrogens with one attached hydrogen (secondary N) is 2. The standard InChI is InChI=1S/C25H42N6O4/c1-6-11-18(20(32)21-29-28-19(7-2)35-21)26-22(33)25(12-9-8-10-13-25)27-23(34)30-14-16-31(17-15-30)24(3,4)5/h18H,6-17H2,1-5H3,(H,26,33)(H,27,34)/t18-/m0/s1. The van der Waals surface area contributed by atoms with Crippen molar-refractivity contribution in [2.75, 3.05) is 26.2 Å². The molecule has 3 amide bonds. The van der Waals surface area contributed by atoms with E-state index in [1.54, 1.807) is 4.90 Å². The van der Waals surface area contributed by atoms with E-state index in [0.717, 1.165) is 32.4 Å². The van der Waals surface area contributed by atoms with E-state index in [1.165, 1.54) is 0 Å². The van der Waals surface area contributed by atoms with Crippen molar-refractivity contribution in [1.29, 1.82) is 0 Å². The maximum atomic E-state index is 13.6. The van der Waals surface area contributed by atoms with Gasteiger partial charge in [-0.2, -0.15) is 0 Å². The molecule has 3 rings (SSSR count). The summed E-state index contributed by atoms with van der Waals surface area (Å²) in [5, 5.41) is 13.8. The first-order valence-electron chi connectivity index (χ1n) is 13.1. The first-order chi connectivity index (χ1) is 16.6. The number of aryl methyl sites for hydroxylation is 1. The second-order valence-electron chi connectivity index (χ2n) is 10.8. The number of ketones is 1. The molecule has 2 fully saturated rings. The van der Waals surface area contributed by atoms with Crippen LogP contribution in [-0.4, -0.2) is 81.0 Å². The minimum absolute atomic E-state index is 0.0597. The number of carbonyl (C=O) groups is 3. The molecular formula is C25H42N6O4. The van der Waals surface area contributed by atoms with Gasteiger partial charge in [0, 0.05) is 38.1 Å². The van der Waals surface area contributed by atoms with Crippen LogP contribution in [0.3, 0.4) is 0 Å². The summed E-state index contributed by atoms with van der Waals surface area (Å²) in [4.78, 5) is 44.1. The summed E-state index contributed by atoms with van der Waals surface area (Å²) in [5.41, 5.74) is -0.962. The SMILES string of the molecule is CCC[C@H](NC(=O)C1(NC(=O)N2CCN(C(C)(C)C)CC2)CCCCC1)C(=O)c1nnc(CC)o1. The highest BCUT2D eigenvalue weighted by atomic mass is 16.4. The van der Waals surface area contributed by atoms with Crippen molar-refractivity contribution < 1.29 is 18.8 Å². The van der Waals surface area contributed by atoms with Gasteiger partial charge < -0.3 is 20.0 Å². The van der Waals surface area contributed by atoms with Gasteiger partial charge in [-0.15, -0.1) is 10.2 Å². The summed E-state index contributed by atoms with van der Waals surface area (Å²) in [6.45, 7) is 13.2. The van der Waals surface area contributed by atoms with E-state index < -0.39 is 11.6 Å². The molecule has 10 heteroatoms. The van der Waals surface area contributed by atoms with Crippen LogP contribution in [0.2, 0.25) is 0 Å². The van der Waals surface area contributed by atoms with Crippen molar-refractivity contribution in [3.8, 4) is 0 Å². The van der Waals surface area contributed by atoms with Gasteiger partial charge in [-0.1, -0.05) is 39.5 Å². The van der Waals surface area contributed by atoms with Gasteiger partial charge in [0.2, 0.25) is 17.6 Å². The lowest BCUT2D eigenvalue weighted by Crippen LogP contribution is -2.65. The van der Waals surface area contributed by atoms with Crippen LogP contribution in [0.15, 0.2) is 4.42 Å². The zero-order chi connectivity index (χ0) is 25.6. The Morgan fingerprint density at radius 2 is 1.69 bits per heavy atom. The monoisotopic (exact) mass is 490 g/mol. The zero-order valence-corrected chi connectivity index (χ0v) is 22.0. The lowest BCUT2D eigenvalue weighted by molar-refractivity contribution is -0.129. The number of hydrogen-bond acceptors (Lipinski definition) is 7. The predicted molar refractivity (Wildman–Crippen MR) is 132 cm³/mol. The molecule has 35 heavy (non-hydrogen) atoms. The summed E-state index contributed by atoms with van der Waals surface area (Å²) < 4.78 is 5.45. The fraction of sp³-hybridized carbons (Fsp3) is 0.800. The first-order valence-corrected chi connectivity index (χ1v) is 13.1. The van der Waals surface area contributed by atoms with Gasteiger partial charge in [0.1, 0.15) is 5.54 Å². The van der Waals surface area contributed by atoms with E-state index in [2.05, 4.69) is 46.5 Å². The summed E-state index contributed by atoms with van der Waals surface area (Å²) in [5.74, 6) is -0.388. The normalized spacial score (nSPS) is 19.7. The Kier molecular flexibility index (Phi) is 8.90. The van der Waals surface area contributed by atoms with Crippen molar-refractivity contribution in [1.82, 2.24) is 30.6 Å². The van der Waals surface area contributed by atoms with Crippen LogP contribution < -0.4 is 10.6 Å². The van der Waals surface area contributed by atoms with Gasteiger partial charge >= 0.3 is 6.03 Å². The summed E-state index contributed by atoms with van der Waals surface area (Å²) in [6.07, 6.45) is 5.51. The van der Waals surface area contributed by atoms with E-state index in [4.69, 9.17) is 4.42 Å². The molecule has 1 aliphatic heterocycles. The number of aromatic nitrogens is 2. The average molecular weight is 491 g/mol. The van der Waals surface area contributed by atoms with Gasteiger partial charge in [0.15, 0.2) is 0 Å². The van der Waals surface area contributed by atoms with E-state index in [-0.39, 0.29) is 29.2 Å². The molecule has 0 bridgehead atoms. The van der Waals surface area contributed by atoms with E-state index in [1.807, 2.05) is 13.8 Å². The van der Waals surface area contributed by atoms with Crippen molar-refractivity contribution in [2.45, 2.75) is 103 Å². The predicted octanol–water partition coefficient (Wildman–Crippen LogP) is 2.93. The molecule has 0 unspecified atom stereocenters. The minimum atomic E-state index is -1.02. The molecule has 0 aromatic carbocycles. The molecule has 1 saturated carbocycles. The molecular weight excluding hydrogens is 448 g/mol. The van der Waals surface area contributed by atoms with Crippen LogP contribution in [0.25, 0.3) is 0 Å². The Bertz CT molecular complexity index is 879. The van der Waals surface area contributed by atoms with Crippen LogP contribution in [0.5, 0.6) is 0 Å². The molecule has 10 nitrogen and oxygen atoms in total. The fourth-order valence-corrected chi connectivity index (χ4v) is 4.93. The van der Waals surface area contributed by atoms with Crippen molar-refractivity contribution in [3.05, 3.63) is 11.8 Å². The summed E-state index contributed by atoms with van der Waals surface area (Å²) in [6, 6.07) is -0.984. The fourth-order valence-electron chi connectivity index (χ4n) is 4.93. The summed E-state index contributed by atoms with van der Waals surface area (Å²) in [7, 11) is 0. The second-order valence-corrected chi connectivity index (χ2v) is 10.8. The number of urea groups is 1. The van der Waals surface area contributed by atoms with Gasteiger partial charge in [-0.25, -0.2) is 4.79 Å². The van der Waals surface area contributed by atoms with Crippen LogP contribution in [0.1, 0.15) is 96.1 Å². The Morgan fingerprint density at radius 3 is 2.23 bits per heavy atom. The Labute approximate surface area is 208 Å². The number of carbonyl (C=O) groups excluding carboxylic acids is 3. The third-order valence-corrected chi connectivity index (χ3v) is 7.18. The molecule has 1 aromatic rings. The highest BCUT2D eigenvalue weighted by Gasteiger charge is 2.43. The maximum Gasteiger partial charge on any atom is 0.318 e. The second kappa shape index (κ2) is 11.5. The van der Waals surface area contributed by atoms with Gasteiger partial charge in [0.25, 0.3) is 5.89 Å². The topological polar surface area (TPSA) is 121 Å². The molecule has 196 valence electrons. The molecule has 1 aromatic heterocycles. The van der Waals surface area contributed by atoms with Crippen LogP contribution in [-0.2, 0) is 11.2 Å². The average Bonchev–Trinajstić information content (AvgIpc) is 3.33. The lowest BCUT2D eigenvalue weighted by atomic mass is 9.80. The quantitative estimate of drug-likeness (QED) is 0.538. The van der Waals surface area contributed by atoms with Crippen molar-refractivity contribution in [3.63, 3.8) is 0 Å². The molecule has 0 radical (unpaired) electrons. The number of piperazine rings is 1. The van der Waals surface area contributed by atoms with E-state index in [0.29, 0.717) is 51.1 Å². The number of hydrogen-bond donors (Lipinski definition) is 2. The molecule has 1 saturated heterocycles. The lowest BCUT2D eigenvalue weighted by Gasteiger charge is -2.44. The van der Waals surface area contributed by atoms with Gasteiger partial charge in [0.05, 0.1) is 6.04 Å². The number of rotatable bonds is 8. The molecule has 2 N–H and O–H groups in total. The smallest absolute Gasteiger partial charge is 0.318 e. The third-order valence-electron chi connectivity index (χ3n) is 7.18. The molecule has 1 aliphatic carbocycles. The van der Waals surface area contributed by atoms with Crippen LogP contribution in [0.4, 0.5) is 4.79 Å².